The normalized spacial score (nSPS) is 17.3. The summed E-state index contributed by atoms with van der Waals surface area (Å²) in [4.78, 5) is 3.80. The highest BCUT2D eigenvalue weighted by molar-refractivity contribution is 5.68. The van der Waals surface area contributed by atoms with Gasteiger partial charge in [0.15, 0.2) is 5.82 Å². The molecule has 1 aliphatic rings. The number of H-pyrrole nitrogens is 1. The molecule has 0 saturated carbocycles. The molecule has 2 heterocycles. The lowest BCUT2D eigenvalue weighted by molar-refractivity contribution is -0.137. The third-order valence-electron chi connectivity index (χ3n) is 4.45. The standard InChI is InChI=1S/C18H16F3N5/c19-18(20,21)12-6-8-14(9-7-12)25-11-26(13-4-2-1-3-5-13)17-15(16(25)22)10-23-24-17/h1-10,16H,11,22H2,(H,23,24). The maximum absolute atomic E-state index is 12.8. The Morgan fingerprint density at radius 2 is 1.69 bits per heavy atom. The smallest absolute Gasteiger partial charge is 0.334 e. The average molecular weight is 359 g/mol. The van der Waals surface area contributed by atoms with E-state index < -0.39 is 17.9 Å². The highest BCUT2D eigenvalue weighted by atomic mass is 19.4. The van der Waals surface area contributed by atoms with Gasteiger partial charge < -0.3 is 15.5 Å². The predicted molar refractivity (Wildman–Crippen MR) is 92.9 cm³/mol. The lowest BCUT2D eigenvalue weighted by Crippen LogP contribution is -2.46. The van der Waals surface area contributed by atoms with Crippen LogP contribution in [-0.2, 0) is 6.18 Å². The van der Waals surface area contributed by atoms with Crippen LogP contribution >= 0.6 is 0 Å². The second kappa shape index (κ2) is 6.06. The van der Waals surface area contributed by atoms with Crippen molar-refractivity contribution in [2.45, 2.75) is 12.3 Å². The van der Waals surface area contributed by atoms with Crippen molar-refractivity contribution >= 4 is 17.2 Å². The molecule has 4 rings (SSSR count). The summed E-state index contributed by atoms with van der Waals surface area (Å²) in [5.74, 6) is 0.715. The summed E-state index contributed by atoms with van der Waals surface area (Å²) in [7, 11) is 0. The molecule has 0 bridgehead atoms. The van der Waals surface area contributed by atoms with Crippen LogP contribution < -0.4 is 15.5 Å². The molecule has 5 nitrogen and oxygen atoms in total. The average Bonchev–Trinajstić information content (AvgIpc) is 3.13. The van der Waals surface area contributed by atoms with Crippen molar-refractivity contribution < 1.29 is 13.2 Å². The monoisotopic (exact) mass is 359 g/mol. The van der Waals surface area contributed by atoms with Crippen molar-refractivity contribution in [3.63, 3.8) is 0 Å². The van der Waals surface area contributed by atoms with Crippen LogP contribution in [0.4, 0.5) is 30.4 Å². The number of para-hydroxylation sites is 1. The second-order valence-electron chi connectivity index (χ2n) is 6.03. The number of anilines is 3. The molecule has 0 fully saturated rings. The first-order valence-corrected chi connectivity index (χ1v) is 8.01. The Kier molecular flexibility index (Phi) is 3.84. The first-order valence-electron chi connectivity index (χ1n) is 8.01. The first kappa shape index (κ1) is 16.5. The molecule has 2 aromatic carbocycles. The van der Waals surface area contributed by atoms with Gasteiger partial charge in [-0.05, 0) is 36.4 Å². The van der Waals surface area contributed by atoms with Crippen molar-refractivity contribution in [2.24, 2.45) is 5.73 Å². The van der Waals surface area contributed by atoms with E-state index in [9.17, 15) is 13.2 Å². The summed E-state index contributed by atoms with van der Waals surface area (Å²) >= 11 is 0. The fraction of sp³-hybridized carbons (Fsp3) is 0.167. The molecule has 26 heavy (non-hydrogen) atoms. The number of nitrogens with two attached hydrogens (primary N) is 1. The molecule has 134 valence electrons. The van der Waals surface area contributed by atoms with Crippen LogP contribution in [0.15, 0.2) is 60.8 Å². The second-order valence-corrected chi connectivity index (χ2v) is 6.03. The number of rotatable bonds is 2. The molecule has 8 heteroatoms. The van der Waals surface area contributed by atoms with Gasteiger partial charge in [-0.25, -0.2) is 0 Å². The largest absolute Gasteiger partial charge is 0.416 e. The van der Waals surface area contributed by atoms with Gasteiger partial charge in [0.1, 0.15) is 6.17 Å². The minimum absolute atomic E-state index is 0.369. The van der Waals surface area contributed by atoms with Gasteiger partial charge >= 0.3 is 6.18 Å². The Morgan fingerprint density at radius 3 is 2.35 bits per heavy atom. The third kappa shape index (κ3) is 2.78. The van der Waals surface area contributed by atoms with Gasteiger partial charge in [-0.2, -0.15) is 18.3 Å². The van der Waals surface area contributed by atoms with Crippen molar-refractivity contribution in [1.82, 2.24) is 10.2 Å². The zero-order chi connectivity index (χ0) is 18.3. The van der Waals surface area contributed by atoms with E-state index in [0.29, 0.717) is 18.2 Å². The van der Waals surface area contributed by atoms with E-state index in [1.807, 2.05) is 40.1 Å². The van der Waals surface area contributed by atoms with E-state index in [1.165, 1.54) is 12.1 Å². The fourth-order valence-corrected chi connectivity index (χ4v) is 3.10. The molecular weight excluding hydrogens is 343 g/mol. The number of nitrogens with zero attached hydrogens (tertiary/aromatic N) is 3. The quantitative estimate of drug-likeness (QED) is 0.726. The van der Waals surface area contributed by atoms with E-state index in [-0.39, 0.29) is 0 Å². The first-order chi connectivity index (χ1) is 12.4. The van der Waals surface area contributed by atoms with Gasteiger partial charge in [0, 0.05) is 17.6 Å². The van der Waals surface area contributed by atoms with Crippen LogP contribution in [-0.4, -0.2) is 16.9 Å². The summed E-state index contributed by atoms with van der Waals surface area (Å²) in [6, 6.07) is 14.7. The summed E-state index contributed by atoms with van der Waals surface area (Å²) < 4.78 is 38.5. The van der Waals surface area contributed by atoms with Crippen molar-refractivity contribution in [3.8, 4) is 0 Å². The summed E-state index contributed by atoms with van der Waals surface area (Å²) in [6.45, 7) is 0.369. The van der Waals surface area contributed by atoms with Crippen molar-refractivity contribution in [2.75, 3.05) is 16.5 Å². The number of aromatic nitrogens is 2. The third-order valence-corrected chi connectivity index (χ3v) is 4.45. The predicted octanol–water partition coefficient (Wildman–Crippen LogP) is 4.00. The van der Waals surface area contributed by atoms with E-state index in [2.05, 4.69) is 10.2 Å². The number of nitrogens with one attached hydrogen (secondary N) is 1. The van der Waals surface area contributed by atoms with Gasteiger partial charge in [0.05, 0.1) is 17.8 Å². The van der Waals surface area contributed by atoms with Gasteiger partial charge in [-0.1, -0.05) is 18.2 Å². The molecule has 0 saturated heterocycles. The Bertz CT molecular complexity index is 889. The Morgan fingerprint density at radius 1 is 1.00 bits per heavy atom. The molecule has 1 aromatic heterocycles. The van der Waals surface area contributed by atoms with Gasteiger partial charge in [0.2, 0.25) is 0 Å². The number of aromatic amines is 1. The maximum atomic E-state index is 12.8. The molecule has 3 N–H and O–H groups in total. The van der Waals surface area contributed by atoms with Crippen LogP contribution in [0.1, 0.15) is 17.3 Å². The Balaban J connectivity index is 1.72. The molecule has 0 radical (unpaired) electrons. The van der Waals surface area contributed by atoms with E-state index in [1.54, 1.807) is 6.20 Å². The zero-order valence-corrected chi connectivity index (χ0v) is 13.6. The molecule has 3 aromatic rings. The number of alkyl halides is 3. The lowest BCUT2D eigenvalue weighted by atomic mass is 10.1. The van der Waals surface area contributed by atoms with E-state index in [0.717, 1.165) is 23.4 Å². The molecule has 1 unspecified atom stereocenters. The van der Waals surface area contributed by atoms with E-state index >= 15 is 0 Å². The Labute approximate surface area is 147 Å². The topological polar surface area (TPSA) is 61.2 Å². The number of benzene rings is 2. The Hall–Kier alpha value is -3.00. The van der Waals surface area contributed by atoms with Crippen LogP contribution in [0, 0.1) is 0 Å². The summed E-state index contributed by atoms with van der Waals surface area (Å²) in [6.07, 6.45) is -3.16. The maximum Gasteiger partial charge on any atom is 0.416 e. The molecule has 1 aliphatic heterocycles. The SMILES string of the molecule is NC1c2c[nH]nc2N(c2ccccc2)CN1c1ccc(C(F)(F)F)cc1. The van der Waals surface area contributed by atoms with Crippen LogP contribution in [0.25, 0.3) is 0 Å². The van der Waals surface area contributed by atoms with Crippen LogP contribution in [0.3, 0.4) is 0 Å². The van der Waals surface area contributed by atoms with Gasteiger partial charge in [-0.15, -0.1) is 0 Å². The number of hydrogen-bond donors (Lipinski definition) is 2. The van der Waals surface area contributed by atoms with E-state index in [4.69, 9.17) is 5.73 Å². The number of halogens is 3. The zero-order valence-electron chi connectivity index (χ0n) is 13.6. The summed E-state index contributed by atoms with van der Waals surface area (Å²) in [5.41, 5.74) is 7.97. The number of hydrogen-bond acceptors (Lipinski definition) is 4. The minimum Gasteiger partial charge on any atom is -0.334 e. The molecule has 1 atom stereocenters. The van der Waals surface area contributed by atoms with Gasteiger partial charge in [0.25, 0.3) is 0 Å². The highest BCUT2D eigenvalue weighted by Crippen LogP contribution is 2.39. The fourth-order valence-electron chi connectivity index (χ4n) is 3.10. The summed E-state index contributed by atoms with van der Waals surface area (Å²) in [5, 5.41) is 7.11. The molecular formula is C18H16F3N5. The molecule has 0 aliphatic carbocycles. The molecule has 0 amide bonds. The lowest BCUT2D eigenvalue weighted by Gasteiger charge is -2.41. The molecule has 0 spiro atoms. The van der Waals surface area contributed by atoms with Gasteiger partial charge in [-0.3, -0.25) is 5.10 Å². The minimum atomic E-state index is -4.36. The van der Waals surface area contributed by atoms with Crippen molar-refractivity contribution in [3.05, 3.63) is 71.9 Å². The number of fused-ring (bicyclic) bond motifs is 1. The van der Waals surface area contributed by atoms with Crippen LogP contribution in [0.2, 0.25) is 0 Å². The highest BCUT2D eigenvalue weighted by Gasteiger charge is 2.33. The van der Waals surface area contributed by atoms with Crippen LogP contribution in [0.5, 0.6) is 0 Å². The van der Waals surface area contributed by atoms with Crippen molar-refractivity contribution in [1.29, 1.82) is 0 Å².